The second-order valence-electron chi connectivity index (χ2n) is 29.6. The topological polar surface area (TPSA) is 793 Å². The predicted molar refractivity (Wildman–Crippen MR) is 442 cm³/mol. The maximum atomic E-state index is 14.7. The highest BCUT2D eigenvalue weighted by atomic mass is 16.3. The molecule has 0 saturated carbocycles. The van der Waals surface area contributed by atoms with Crippen molar-refractivity contribution in [3.63, 3.8) is 0 Å². The second-order valence-corrected chi connectivity index (χ2v) is 29.6. The van der Waals surface area contributed by atoms with E-state index in [1.54, 1.807) is 53.7 Å². The quantitative estimate of drug-likeness (QED) is 0.0166. The maximum absolute atomic E-state index is 14.7. The van der Waals surface area contributed by atoms with Crippen molar-refractivity contribution in [2.24, 2.45) is 63.6 Å². The normalized spacial score (nSPS) is 14.7. The molecular formula is C75H126N28O17. The van der Waals surface area contributed by atoms with Crippen molar-refractivity contribution in [2.45, 2.75) is 237 Å². The standard InChI is InChI=1S/C75H126N28O17/c1-9-38(5)56(101-66(115)49(18-14-32-91-75(86)87)93-60(109)40(7)92-62(111)46(15-11-29-88-72(80)81)94-61(110)44-23-19-43(36-76)20-24-44)69(118)100-53(35-55(78)107)67(116)99-52(33-37(3)4)68(117)102-57(39(6)10-2)70(119)103-58(41(8)104)71(120)97-48(17-13-31-90-74(84)85)63(112)96-50(27-28-54(77)106)65(114)95-47(16-12-30-89-73(82)83)64(113)98-51(59(79)108)34-42-21-25-45(105)26-22-42/h19-26,37-41,46-53,56-58,104-105H,9-18,27-36,76H2,1-8H3,(H2,77,106)(H2,78,107)(H2,79,108)(H,92,111)(H,93,109)(H,94,110)(H,95,114)(H,96,112)(H,97,120)(H,98,113)(H,99,116)(H,100,118)(H,101,115)(H,102,117)(H,103,119)(H4,80,81,88)(H4,82,83,89)(H4,84,85,90)(H4,86,87,91)/t38-,39-,40-,41+,46-,47-,48-,49-,50-,51-,52-,53-,56-,57-,58-/m0/s1. The fraction of sp³-hybridized carbons (Fsp3) is 0.587. The van der Waals surface area contributed by atoms with Crippen LogP contribution in [0.25, 0.3) is 0 Å². The first-order valence-electron chi connectivity index (χ1n) is 39.5. The summed E-state index contributed by atoms with van der Waals surface area (Å²) >= 11 is 0. The predicted octanol–water partition coefficient (Wildman–Crippen LogP) is -7.26. The molecule has 15 amide bonds. The van der Waals surface area contributed by atoms with Gasteiger partial charge in [-0.3, -0.25) is 93.6 Å². The highest BCUT2D eigenvalue weighted by Gasteiger charge is 2.40. The average Bonchev–Trinajstić information content (AvgIpc) is 0.848. The molecule has 15 atom stereocenters. The molecule has 45 nitrogen and oxygen atoms in total. The number of amides is 15. The van der Waals surface area contributed by atoms with E-state index in [0.717, 1.165) is 12.5 Å². The van der Waals surface area contributed by atoms with Crippen LogP contribution in [0.1, 0.15) is 167 Å². The van der Waals surface area contributed by atoms with Crippen LogP contribution in [0.4, 0.5) is 0 Å². The van der Waals surface area contributed by atoms with Gasteiger partial charge in [0.2, 0.25) is 82.7 Å². The first-order chi connectivity index (χ1) is 56.4. The zero-order valence-electron chi connectivity index (χ0n) is 69.1. The average molecular weight is 1690 g/mol. The number of guanidine groups is 4. The monoisotopic (exact) mass is 1690 g/mol. The molecule has 0 aliphatic rings. The number of aliphatic hydroxyl groups is 1. The van der Waals surface area contributed by atoms with Crippen molar-refractivity contribution >= 4 is 112 Å². The second kappa shape index (κ2) is 53.6. The summed E-state index contributed by atoms with van der Waals surface area (Å²) in [5.74, 6) is -18.5. The molecule has 0 saturated heterocycles. The Kier molecular flexibility index (Phi) is 46.2. The molecule has 2 aromatic carbocycles. The van der Waals surface area contributed by atoms with E-state index in [4.69, 9.17) is 67.5 Å². The fourth-order valence-corrected chi connectivity index (χ4v) is 11.8. The maximum Gasteiger partial charge on any atom is 0.251 e. The number of hydrogen-bond donors (Lipinski definition) is 30. The number of phenolic OH excluding ortho intramolecular Hbond substituents is 1. The number of hydrogen-bond acceptors (Lipinski definition) is 22. The lowest BCUT2D eigenvalue weighted by Gasteiger charge is -2.31. The van der Waals surface area contributed by atoms with Gasteiger partial charge < -0.3 is 141 Å². The van der Waals surface area contributed by atoms with Gasteiger partial charge in [-0.2, -0.15) is 0 Å². The molecule has 38 N–H and O–H groups in total. The van der Waals surface area contributed by atoms with Gasteiger partial charge in [0.05, 0.1) is 12.5 Å². The lowest BCUT2D eigenvalue weighted by Crippen LogP contribution is -2.63. The molecule has 45 heteroatoms. The number of rotatable bonds is 56. The van der Waals surface area contributed by atoms with E-state index in [1.165, 1.54) is 43.3 Å². The SMILES string of the molecule is CC[C@H](C)[C@H](NC(=O)[C@H](CCCNC(=N)N)NC(=O)[C@H](C)NC(=O)[C@H](CCCNC(=N)N)NC(=O)c1ccc(CN)cc1)C(=O)N[C@@H](CC(N)=O)C(=O)N[C@@H](CC(C)C)C(=O)N[C@H](C(=O)N[C@H](C(=O)N[C@@H](CCCNC(=N)N)C(=O)N[C@@H](CCC(N)=O)C(=O)N[C@@H](CCCNC(=N)N)C(=O)N[C@@H](Cc1ccc(O)cc1)C(N)=O)[C@@H](C)O)[C@@H](C)CC. The highest BCUT2D eigenvalue weighted by molar-refractivity contribution is 6.02. The lowest BCUT2D eigenvalue weighted by molar-refractivity contribution is -0.138. The van der Waals surface area contributed by atoms with Gasteiger partial charge in [0.1, 0.15) is 78.3 Å². The number of benzene rings is 2. The van der Waals surface area contributed by atoms with Crippen molar-refractivity contribution in [1.82, 2.24) is 85.1 Å². The minimum absolute atomic E-state index is 0.00989. The Labute approximate surface area is 696 Å². The van der Waals surface area contributed by atoms with E-state index in [2.05, 4.69) is 85.1 Å². The van der Waals surface area contributed by atoms with Crippen molar-refractivity contribution in [1.29, 1.82) is 21.6 Å². The van der Waals surface area contributed by atoms with Crippen molar-refractivity contribution < 1.29 is 82.1 Å². The van der Waals surface area contributed by atoms with Gasteiger partial charge in [-0.1, -0.05) is 78.6 Å². The van der Waals surface area contributed by atoms with Crippen molar-refractivity contribution in [3.05, 3.63) is 65.2 Å². The van der Waals surface area contributed by atoms with Crippen LogP contribution in [0.5, 0.6) is 5.75 Å². The summed E-state index contributed by atoms with van der Waals surface area (Å²) in [5.41, 5.74) is 45.8. The first kappa shape index (κ1) is 103. The molecule has 0 fully saturated rings. The summed E-state index contributed by atoms with van der Waals surface area (Å²) in [5, 5.41) is 92.1. The van der Waals surface area contributed by atoms with E-state index in [-0.39, 0.29) is 127 Å². The molecule has 2 rings (SSSR count). The molecule has 0 bridgehead atoms. The molecule has 0 aromatic heterocycles. The van der Waals surface area contributed by atoms with Crippen molar-refractivity contribution in [2.75, 3.05) is 26.2 Å². The molecule has 668 valence electrons. The van der Waals surface area contributed by atoms with Gasteiger partial charge in [-0.05, 0) is 131 Å². The largest absolute Gasteiger partial charge is 0.508 e. The Balaban J connectivity index is 2.53. The molecule has 2 aromatic rings. The van der Waals surface area contributed by atoms with Crippen LogP contribution in [0, 0.1) is 39.4 Å². The fourth-order valence-electron chi connectivity index (χ4n) is 11.8. The summed E-state index contributed by atoms with van der Waals surface area (Å²) in [6.07, 6.45) is -3.88. The molecule has 0 radical (unpaired) electrons. The minimum atomic E-state index is -1.93. The van der Waals surface area contributed by atoms with Gasteiger partial charge in [-0.15, -0.1) is 0 Å². The summed E-state index contributed by atoms with van der Waals surface area (Å²) in [4.78, 5) is 209. The van der Waals surface area contributed by atoms with Crippen LogP contribution in [0.3, 0.4) is 0 Å². The van der Waals surface area contributed by atoms with Crippen LogP contribution in [-0.4, -0.2) is 227 Å². The third-order valence-corrected chi connectivity index (χ3v) is 19.0. The zero-order valence-corrected chi connectivity index (χ0v) is 69.1. The van der Waals surface area contributed by atoms with E-state index in [1.807, 2.05) is 0 Å². The van der Waals surface area contributed by atoms with Gasteiger partial charge in [0.25, 0.3) is 5.91 Å². The smallest absolute Gasteiger partial charge is 0.251 e. The van der Waals surface area contributed by atoms with Gasteiger partial charge in [-0.25, -0.2) is 0 Å². The number of phenols is 1. The summed E-state index contributed by atoms with van der Waals surface area (Å²) < 4.78 is 0. The number of aliphatic hydroxyl groups excluding tert-OH is 1. The number of carbonyl (C=O) groups is 15. The highest BCUT2D eigenvalue weighted by Crippen LogP contribution is 2.18. The summed E-state index contributed by atoms with van der Waals surface area (Å²) in [6, 6.07) is -6.78. The number of carbonyl (C=O) groups excluding carboxylic acids is 15. The molecule has 120 heavy (non-hydrogen) atoms. The summed E-state index contributed by atoms with van der Waals surface area (Å²) in [7, 11) is 0. The minimum Gasteiger partial charge on any atom is -0.508 e. The van der Waals surface area contributed by atoms with E-state index in [0.29, 0.717) is 5.56 Å². The Morgan fingerprint density at radius 3 is 1.10 bits per heavy atom. The van der Waals surface area contributed by atoms with Gasteiger partial charge in [0, 0.05) is 51.1 Å². The third-order valence-electron chi connectivity index (χ3n) is 19.0. The number of primary amides is 3. The Morgan fingerprint density at radius 2 is 0.708 bits per heavy atom. The Morgan fingerprint density at radius 1 is 0.375 bits per heavy atom. The lowest BCUT2D eigenvalue weighted by atomic mass is 9.95. The first-order valence-corrected chi connectivity index (χ1v) is 39.5. The Bertz CT molecular complexity index is 3830. The van der Waals surface area contributed by atoms with E-state index < -0.39 is 222 Å². The number of aromatic hydroxyl groups is 1. The van der Waals surface area contributed by atoms with E-state index in [9.17, 15) is 82.1 Å². The van der Waals surface area contributed by atoms with Crippen LogP contribution in [0.2, 0.25) is 0 Å². The van der Waals surface area contributed by atoms with Gasteiger partial charge >= 0.3 is 0 Å². The molecule has 0 unspecified atom stereocenters. The van der Waals surface area contributed by atoms with Crippen LogP contribution < -0.4 is 131 Å². The van der Waals surface area contributed by atoms with Crippen LogP contribution in [-0.2, 0) is 80.1 Å². The van der Waals surface area contributed by atoms with Crippen molar-refractivity contribution in [3.8, 4) is 5.75 Å². The van der Waals surface area contributed by atoms with Gasteiger partial charge in [0.15, 0.2) is 23.8 Å². The zero-order chi connectivity index (χ0) is 90.6. The molecule has 0 heterocycles. The summed E-state index contributed by atoms with van der Waals surface area (Å²) in [6.45, 7) is 12.6. The molecular weight excluding hydrogens is 1570 g/mol. The van der Waals surface area contributed by atoms with Crippen LogP contribution in [0.15, 0.2) is 48.5 Å². The van der Waals surface area contributed by atoms with E-state index >= 15 is 0 Å². The molecule has 0 aliphatic carbocycles. The number of nitrogens with two attached hydrogens (primary N) is 8. The molecule has 0 aliphatic heterocycles. The Hall–Kier alpha value is -12.7. The third kappa shape index (κ3) is 39.5. The van der Waals surface area contributed by atoms with Crippen LogP contribution >= 0.6 is 0 Å². The molecule has 0 spiro atoms. The number of nitrogens with one attached hydrogen (secondary N) is 20.